The summed E-state index contributed by atoms with van der Waals surface area (Å²) in [5, 5.41) is -0.179. The van der Waals surface area contributed by atoms with Crippen molar-refractivity contribution in [1.82, 2.24) is 0 Å². The van der Waals surface area contributed by atoms with Gasteiger partial charge in [-0.25, -0.2) is 8.78 Å². The third-order valence-corrected chi connectivity index (χ3v) is 2.82. The van der Waals surface area contributed by atoms with Crippen LogP contribution in [0.3, 0.4) is 0 Å². The van der Waals surface area contributed by atoms with Gasteiger partial charge in [0.05, 0.1) is 10.6 Å². The second-order valence-electron chi connectivity index (χ2n) is 2.68. The van der Waals surface area contributed by atoms with Crippen LogP contribution in [0.4, 0.5) is 8.78 Å². The van der Waals surface area contributed by atoms with Crippen LogP contribution in [0, 0.1) is 0 Å². The Hall–Kier alpha value is -0.480. The maximum absolute atomic E-state index is 12.5. The van der Waals surface area contributed by atoms with E-state index in [9.17, 15) is 13.6 Å². The van der Waals surface area contributed by atoms with Gasteiger partial charge in [-0.15, -0.1) is 0 Å². The monoisotopic (exact) mass is 282 g/mol. The van der Waals surface area contributed by atoms with Gasteiger partial charge in [0.2, 0.25) is 0 Å². The highest BCUT2D eigenvalue weighted by Crippen LogP contribution is 2.35. The molecule has 0 aliphatic heterocycles. The van der Waals surface area contributed by atoms with Crippen molar-refractivity contribution in [3.8, 4) is 0 Å². The molecule has 0 atom stereocenters. The molecular weight excluding hydrogens is 277 g/mol. The molecule has 1 aromatic rings. The summed E-state index contributed by atoms with van der Waals surface area (Å²) in [5.41, 5.74) is -0.218. The van der Waals surface area contributed by atoms with Crippen LogP contribution in [-0.4, -0.2) is 5.78 Å². The van der Waals surface area contributed by atoms with E-state index in [1.54, 1.807) is 0 Å². The first-order chi connectivity index (χ1) is 6.45. The van der Waals surface area contributed by atoms with Gasteiger partial charge < -0.3 is 0 Å². The number of carbonyl (C=O) groups excluding carboxylic acids is 1. The van der Waals surface area contributed by atoms with Gasteiger partial charge in [0.25, 0.3) is 6.43 Å². The van der Waals surface area contributed by atoms with Crippen molar-refractivity contribution in [2.24, 2.45) is 0 Å². The standard InChI is InChI=1S/C9H6BrClF2O/c1-4(14)5-2-3-6(10)7(8(5)11)9(12)13/h2-3,9H,1H3. The maximum Gasteiger partial charge on any atom is 0.266 e. The van der Waals surface area contributed by atoms with Crippen molar-refractivity contribution < 1.29 is 13.6 Å². The van der Waals surface area contributed by atoms with Gasteiger partial charge in [-0.2, -0.15) is 0 Å². The quantitative estimate of drug-likeness (QED) is 0.742. The van der Waals surface area contributed by atoms with Gasteiger partial charge in [-0.3, -0.25) is 4.79 Å². The van der Waals surface area contributed by atoms with Gasteiger partial charge >= 0.3 is 0 Å². The van der Waals surface area contributed by atoms with E-state index in [2.05, 4.69) is 15.9 Å². The van der Waals surface area contributed by atoms with E-state index in [-0.39, 0.29) is 26.4 Å². The second kappa shape index (κ2) is 4.36. The minimum atomic E-state index is -2.70. The van der Waals surface area contributed by atoms with Crippen LogP contribution in [0.5, 0.6) is 0 Å². The van der Waals surface area contributed by atoms with E-state index >= 15 is 0 Å². The van der Waals surface area contributed by atoms with Crippen LogP contribution >= 0.6 is 27.5 Å². The van der Waals surface area contributed by atoms with Gasteiger partial charge in [0.15, 0.2) is 5.78 Å². The van der Waals surface area contributed by atoms with Gasteiger partial charge in [-0.05, 0) is 19.1 Å². The van der Waals surface area contributed by atoms with E-state index < -0.39 is 6.43 Å². The summed E-state index contributed by atoms with van der Waals surface area (Å²) in [6, 6.07) is 2.81. The fraction of sp³-hybridized carbons (Fsp3) is 0.222. The van der Waals surface area contributed by atoms with E-state index in [0.29, 0.717) is 0 Å². The second-order valence-corrected chi connectivity index (χ2v) is 3.91. The van der Waals surface area contributed by atoms with Crippen LogP contribution in [0.15, 0.2) is 16.6 Å². The lowest BCUT2D eigenvalue weighted by atomic mass is 10.1. The van der Waals surface area contributed by atoms with Crippen LogP contribution in [0.1, 0.15) is 29.3 Å². The molecule has 0 fully saturated rings. The number of carbonyl (C=O) groups is 1. The summed E-state index contributed by atoms with van der Waals surface area (Å²) in [6.07, 6.45) is -2.70. The predicted octanol–water partition coefficient (Wildman–Crippen LogP) is 4.24. The first kappa shape index (κ1) is 11.6. The molecule has 0 saturated carbocycles. The number of alkyl halides is 2. The Bertz CT molecular complexity index is 379. The van der Waals surface area contributed by atoms with Crippen molar-refractivity contribution in [3.63, 3.8) is 0 Å². The average molecular weight is 283 g/mol. The largest absolute Gasteiger partial charge is 0.294 e. The Kier molecular flexibility index (Phi) is 3.61. The zero-order valence-electron chi connectivity index (χ0n) is 7.15. The Morgan fingerprint density at radius 2 is 2.07 bits per heavy atom. The van der Waals surface area contributed by atoms with Gasteiger partial charge in [0, 0.05) is 10.0 Å². The number of ketones is 1. The molecular formula is C9H6BrClF2O. The summed E-state index contributed by atoms with van der Waals surface area (Å²) in [6.45, 7) is 1.28. The molecule has 0 saturated heterocycles. The summed E-state index contributed by atoms with van der Waals surface area (Å²) in [7, 11) is 0. The zero-order chi connectivity index (χ0) is 10.9. The van der Waals surface area contributed by atoms with Crippen molar-refractivity contribution in [2.75, 3.05) is 0 Å². The molecule has 0 unspecified atom stereocenters. The molecule has 0 radical (unpaired) electrons. The average Bonchev–Trinajstić information content (AvgIpc) is 2.02. The molecule has 0 heterocycles. The molecule has 0 spiro atoms. The van der Waals surface area contributed by atoms with Crippen molar-refractivity contribution in [3.05, 3.63) is 32.8 Å². The Morgan fingerprint density at radius 3 is 2.50 bits per heavy atom. The molecule has 0 aliphatic carbocycles. The smallest absolute Gasteiger partial charge is 0.266 e. The topological polar surface area (TPSA) is 17.1 Å². The fourth-order valence-electron chi connectivity index (χ4n) is 1.04. The first-order valence-electron chi connectivity index (χ1n) is 3.72. The number of halogens is 4. The maximum atomic E-state index is 12.5. The third-order valence-electron chi connectivity index (χ3n) is 1.72. The molecule has 1 aromatic carbocycles. The lowest BCUT2D eigenvalue weighted by Crippen LogP contribution is -1.98. The summed E-state index contributed by atoms with van der Waals surface area (Å²) >= 11 is 8.63. The van der Waals surface area contributed by atoms with E-state index in [1.807, 2.05) is 0 Å². The van der Waals surface area contributed by atoms with E-state index in [0.717, 1.165) is 0 Å². The van der Waals surface area contributed by atoms with Gasteiger partial charge in [0.1, 0.15) is 0 Å². The lowest BCUT2D eigenvalue weighted by Gasteiger charge is -2.08. The van der Waals surface area contributed by atoms with Gasteiger partial charge in [-0.1, -0.05) is 27.5 Å². The molecule has 0 aromatic heterocycles. The molecule has 1 rings (SSSR count). The van der Waals surface area contributed by atoms with Crippen LogP contribution in [0.25, 0.3) is 0 Å². The number of benzene rings is 1. The Morgan fingerprint density at radius 1 is 1.50 bits per heavy atom. The minimum absolute atomic E-state index is 0.116. The van der Waals surface area contributed by atoms with Crippen LogP contribution in [-0.2, 0) is 0 Å². The van der Waals surface area contributed by atoms with Crippen LogP contribution < -0.4 is 0 Å². The van der Waals surface area contributed by atoms with E-state index in [1.165, 1.54) is 19.1 Å². The zero-order valence-corrected chi connectivity index (χ0v) is 9.49. The lowest BCUT2D eigenvalue weighted by molar-refractivity contribution is 0.101. The number of rotatable bonds is 2. The fourth-order valence-corrected chi connectivity index (χ4v) is 2.04. The Labute approximate surface area is 93.2 Å². The Balaban J connectivity index is 3.41. The summed E-state index contributed by atoms with van der Waals surface area (Å²) < 4.78 is 25.2. The minimum Gasteiger partial charge on any atom is -0.294 e. The van der Waals surface area contributed by atoms with Crippen molar-refractivity contribution >= 4 is 33.3 Å². The molecule has 14 heavy (non-hydrogen) atoms. The summed E-state index contributed by atoms with van der Waals surface area (Å²) in [5.74, 6) is -0.329. The molecule has 0 bridgehead atoms. The van der Waals surface area contributed by atoms with E-state index in [4.69, 9.17) is 11.6 Å². The predicted molar refractivity (Wildman–Crippen MR) is 54.1 cm³/mol. The number of hydrogen-bond acceptors (Lipinski definition) is 1. The van der Waals surface area contributed by atoms with Crippen LogP contribution in [0.2, 0.25) is 5.02 Å². The van der Waals surface area contributed by atoms with Crippen molar-refractivity contribution in [2.45, 2.75) is 13.3 Å². The highest BCUT2D eigenvalue weighted by Gasteiger charge is 2.20. The molecule has 0 aliphatic rings. The molecule has 0 N–H and O–H groups in total. The SMILES string of the molecule is CC(=O)c1ccc(Br)c(C(F)F)c1Cl. The van der Waals surface area contributed by atoms with Crippen molar-refractivity contribution in [1.29, 1.82) is 0 Å². The molecule has 1 nitrogen and oxygen atoms in total. The number of hydrogen-bond donors (Lipinski definition) is 0. The highest BCUT2D eigenvalue weighted by atomic mass is 79.9. The molecule has 5 heteroatoms. The summed E-state index contributed by atoms with van der Waals surface area (Å²) in [4.78, 5) is 11.0. The number of Topliss-reactive ketones (excluding diaryl/α,β-unsaturated/α-hetero) is 1. The first-order valence-corrected chi connectivity index (χ1v) is 4.89. The third kappa shape index (κ3) is 2.12. The molecule has 76 valence electrons. The molecule has 0 amide bonds. The normalized spacial score (nSPS) is 10.7. The highest BCUT2D eigenvalue weighted by molar-refractivity contribution is 9.10.